The average Bonchev–Trinajstić information content (AvgIpc) is 3.43. The van der Waals surface area contributed by atoms with Gasteiger partial charge in [-0.15, -0.1) is 0 Å². The van der Waals surface area contributed by atoms with Crippen molar-refractivity contribution in [1.29, 1.82) is 0 Å². The third-order valence-corrected chi connectivity index (χ3v) is 7.32. The molecule has 6 rings (SSSR count). The molecule has 0 unspecified atom stereocenters. The number of fused-ring (bicyclic) bond motifs is 4. The van der Waals surface area contributed by atoms with Crippen LogP contribution in [0.2, 0.25) is 0 Å². The standard InChI is InChI=1S/C27H27N5O4/c1-16-13-17(14-23-24(16)30-27(35)36-23)22(33)7-4-10-31-11-8-18(9-12-31)32-21-15-28-20-6-3-2-5-19(20)25(21)29-26(32)34/h2-3,5-6,13-15,18H,4,7-12H2,1H3,(H,29,34)(H,30,35). The van der Waals surface area contributed by atoms with Crippen LogP contribution in [0.3, 0.4) is 0 Å². The molecule has 2 aromatic carbocycles. The van der Waals surface area contributed by atoms with E-state index >= 15 is 0 Å². The number of nitrogens with one attached hydrogen (secondary N) is 2. The predicted octanol–water partition coefficient (Wildman–Crippen LogP) is 3.92. The maximum atomic E-state index is 12.9. The molecule has 36 heavy (non-hydrogen) atoms. The number of ketones is 1. The average molecular weight is 486 g/mol. The van der Waals surface area contributed by atoms with Crippen LogP contribution in [0, 0.1) is 6.92 Å². The van der Waals surface area contributed by atoms with Crippen LogP contribution in [0.5, 0.6) is 0 Å². The summed E-state index contributed by atoms with van der Waals surface area (Å²) < 4.78 is 7.00. The highest BCUT2D eigenvalue weighted by Crippen LogP contribution is 2.28. The van der Waals surface area contributed by atoms with Crippen molar-refractivity contribution in [3.05, 3.63) is 74.8 Å². The molecule has 0 aliphatic carbocycles. The van der Waals surface area contributed by atoms with Crippen LogP contribution in [0.1, 0.15) is 47.6 Å². The minimum absolute atomic E-state index is 0.0452. The Labute approximate surface area is 205 Å². The van der Waals surface area contributed by atoms with Gasteiger partial charge in [-0.2, -0.15) is 0 Å². The van der Waals surface area contributed by atoms with Crippen LogP contribution in [0.4, 0.5) is 0 Å². The van der Waals surface area contributed by atoms with Gasteiger partial charge in [0.1, 0.15) is 0 Å². The van der Waals surface area contributed by atoms with E-state index in [1.807, 2.05) is 35.8 Å². The first-order valence-corrected chi connectivity index (χ1v) is 12.3. The Morgan fingerprint density at radius 2 is 1.92 bits per heavy atom. The first kappa shape index (κ1) is 22.5. The maximum Gasteiger partial charge on any atom is 0.417 e. The maximum absolute atomic E-state index is 12.9. The molecule has 0 bridgehead atoms. The van der Waals surface area contributed by atoms with Crippen LogP contribution >= 0.6 is 0 Å². The number of oxazole rings is 1. The number of nitrogens with zero attached hydrogens (tertiary/aromatic N) is 3. The zero-order valence-electron chi connectivity index (χ0n) is 20.0. The molecular weight excluding hydrogens is 458 g/mol. The van der Waals surface area contributed by atoms with Gasteiger partial charge in [-0.05, 0) is 56.5 Å². The van der Waals surface area contributed by atoms with Gasteiger partial charge in [0.05, 0.1) is 28.3 Å². The molecule has 9 heteroatoms. The molecule has 0 atom stereocenters. The van der Waals surface area contributed by atoms with Crippen LogP contribution < -0.4 is 11.4 Å². The number of carbonyl (C=O) groups excluding carboxylic acids is 1. The monoisotopic (exact) mass is 485 g/mol. The van der Waals surface area contributed by atoms with Crippen molar-refractivity contribution >= 4 is 38.8 Å². The molecular formula is C27H27N5O4. The van der Waals surface area contributed by atoms with Crippen molar-refractivity contribution < 1.29 is 9.21 Å². The highest BCUT2D eigenvalue weighted by atomic mass is 16.4. The zero-order valence-corrected chi connectivity index (χ0v) is 20.0. The van der Waals surface area contributed by atoms with Crippen molar-refractivity contribution in [2.75, 3.05) is 19.6 Å². The number of Topliss-reactive ketones (excluding diaryl/α,β-unsaturated/α-hetero) is 1. The lowest BCUT2D eigenvalue weighted by Crippen LogP contribution is -2.37. The van der Waals surface area contributed by atoms with E-state index < -0.39 is 5.76 Å². The number of piperidine rings is 1. The molecule has 9 nitrogen and oxygen atoms in total. The molecule has 1 fully saturated rings. The largest absolute Gasteiger partial charge is 0.417 e. The number of likely N-dealkylation sites (tertiary alicyclic amines) is 1. The summed E-state index contributed by atoms with van der Waals surface area (Å²) >= 11 is 0. The SMILES string of the molecule is Cc1cc(C(=O)CCCN2CCC(n3c(=O)[nH]c4c5ccccc5ncc43)CC2)cc2oc(=O)[nH]c12. The van der Waals surface area contributed by atoms with E-state index in [-0.39, 0.29) is 17.5 Å². The number of hydrogen-bond donors (Lipinski definition) is 2. The Kier molecular flexibility index (Phi) is 5.56. The lowest BCUT2D eigenvalue weighted by atomic mass is 10.0. The summed E-state index contributed by atoms with van der Waals surface area (Å²) in [5, 5.41) is 0.959. The summed E-state index contributed by atoms with van der Waals surface area (Å²) in [6.07, 6.45) is 4.72. The van der Waals surface area contributed by atoms with Gasteiger partial charge in [-0.25, -0.2) is 9.59 Å². The molecule has 5 aromatic rings. The van der Waals surface area contributed by atoms with Gasteiger partial charge in [-0.3, -0.25) is 19.3 Å². The number of aryl methyl sites for hydroxylation is 1. The van der Waals surface area contributed by atoms with Crippen molar-refractivity contribution in [3.63, 3.8) is 0 Å². The minimum atomic E-state index is -0.513. The molecule has 4 heterocycles. The Bertz CT molecular complexity index is 1720. The summed E-state index contributed by atoms with van der Waals surface area (Å²) in [5.41, 5.74) is 4.93. The van der Waals surface area contributed by atoms with Gasteiger partial charge >= 0.3 is 11.4 Å². The number of pyridine rings is 1. The summed E-state index contributed by atoms with van der Waals surface area (Å²) in [6.45, 7) is 4.43. The van der Waals surface area contributed by atoms with Crippen LogP contribution in [0.25, 0.3) is 33.0 Å². The molecule has 0 saturated carbocycles. The number of imidazole rings is 1. The molecule has 1 aliphatic rings. The van der Waals surface area contributed by atoms with Gasteiger partial charge in [-0.1, -0.05) is 18.2 Å². The molecule has 1 saturated heterocycles. The third-order valence-electron chi connectivity index (χ3n) is 7.32. The Balaban J connectivity index is 1.08. The van der Waals surface area contributed by atoms with Crippen LogP contribution in [-0.4, -0.2) is 49.8 Å². The van der Waals surface area contributed by atoms with Gasteiger partial charge < -0.3 is 14.3 Å². The Hall–Kier alpha value is -3.98. The topological polar surface area (TPSA) is 117 Å². The predicted molar refractivity (Wildman–Crippen MR) is 138 cm³/mol. The van der Waals surface area contributed by atoms with Crippen molar-refractivity contribution in [3.8, 4) is 0 Å². The van der Waals surface area contributed by atoms with E-state index in [0.29, 0.717) is 23.1 Å². The number of carbonyl (C=O) groups is 1. The van der Waals surface area contributed by atoms with E-state index in [1.54, 1.807) is 18.3 Å². The smallest absolute Gasteiger partial charge is 0.408 e. The highest BCUT2D eigenvalue weighted by Gasteiger charge is 2.24. The number of hydrogen-bond acceptors (Lipinski definition) is 6. The van der Waals surface area contributed by atoms with Crippen molar-refractivity contribution in [2.24, 2.45) is 0 Å². The first-order valence-electron chi connectivity index (χ1n) is 12.3. The molecule has 0 spiro atoms. The highest BCUT2D eigenvalue weighted by molar-refractivity contribution is 6.01. The van der Waals surface area contributed by atoms with E-state index in [2.05, 4.69) is 19.9 Å². The number of H-pyrrole nitrogens is 2. The summed E-state index contributed by atoms with van der Waals surface area (Å²) in [5.74, 6) is -0.468. The second-order valence-electron chi connectivity index (χ2n) is 9.62. The number of aromatic nitrogens is 4. The number of para-hydroxylation sites is 1. The summed E-state index contributed by atoms with van der Waals surface area (Å²) in [6, 6.07) is 11.4. The van der Waals surface area contributed by atoms with Gasteiger partial charge in [0.15, 0.2) is 11.4 Å². The Morgan fingerprint density at radius 3 is 2.75 bits per heavy atom. The number of benzene rings is 2. The molecule has 1 aliphatic heterocycles. The fraction of sp³-hybridized carbons (Fsp3) is 0.333. The first-order chi connectivity index (χ1) is 17.5. The van der Waals surface area contributed by atoms with E-state index in [4.69, 9.17) is 4.42 Å². The summed E-state index contributed by atoms with van der Waals surface area (Å²) in [4.78, 5) is 49.7. The van der Waals surface area contributed by atoms with Crippen molar-refractivity contribution in [2.45, 2.75) is 38.6 Å². The molecule has 0 amide bonds. The summed E-state index contributed by atoms with van der Waals surface area (Å²) in [7, 11) is 0. The second kappa shape index (κ2) is 8.91. The van der Waals surface area contributed by atoms with Crippen LogP contribution in [0.15, 0.2) is 56.6 Å². The zero-order chi connectivity index (χ0) is 24.8. The quantitative estimate of drug-likeness (QED) is 0.352. The van der Waals surface area contributed by atoms with E-state index in [1.165, 1.54) is 0 Å². The molecule has 2 N–H and O–H groups in total. The number of rotatable bonds is 6. The minimum Gasteiger partial charge on any atom is -0.408 e. The number of aromatic amines is 2. The van der Waals surface area contributed by atoms with Gasteiger partial charge in [0, 0.05) is 36.5 Å². The molecule has 3 aromatic heterocycles. The van der Waals surface area contributed by atoms with Gasteiger partial charge in [0.2, 0.25) is 0 Å². The van der Waals surface area contributed by atoms with Crippen molar-refractivity contribution in [1.82, 2.24) is 24.4 Å². The fourth-order valence-electron chi connectivity index (χ4n) is 5.48. The second-order valence-corrected chi connectivity index (χ2v) is 9.62. The van der Waals surface area contributed by atoms with E-state index in [0.717, 1.165) is 66.4 Å². The lowest BCUT2D eigenvalue weighted by molar-refractivity contribution is 0.0970. The van der Waals surface area contributed by atoms with E-state index in [9.17, 15) is 14.4 Å². The third kappa shape index (κ3) is 3.95. The van der Waals surface area contributed by atoms with Gasteiger partial charge in [0.25, 0.3) is 0 Å². The molecule has 184 valence electrons. The molecule has 0 radical (unpaired) electrons. The fourth-order valence-corrected chi connectivity index (χ4v) is 5.48. The van der Waals surface area contributed by atoms with Crippen LogP contribution in [-0.2, 0) is 0 Å². The normalized spacial score (nSPS) is 15.4. The Morgan fingerprint density at radius 1 is 1.11 bits per heavy atom. The lowest BCUT2D eigenvalue weighted by Gasteiger charge is -2.32.